The second-order valence-electron chi connectivity index (χ2n) is 6.06. The number of ether oxygens (including phenoxy) is 1. The maximum atomic E-state index is 14.5. The molecule has 2 aromatic rings. The summed E-state index contributed by atoms with van der Waals surface area (Å²) in [6.07, 6.45) is -3.12. The van der Waals surface area contributed by atoms with Crippen LogP contribution >= 0.6 is 0 Å². The van der Waals surface area contributed by atoms with Crippen molar-refractivity contribution < 1.29 is 22.3 Å². The van der Waals surface area contributed by atoms with E-state index in [0.29, 0.717) is 37.6 Å². The standard InChI is InChI=1S/C20H16F4N2O/c21-18-11-14(4-5-19(18)26-6-8-27-9-7-26)10-16(13-25)15-2-1-3-17(12-15)20(22,23)24/h1-5,10-12H,6-9H2/b16-10-. The molecule has 0 N–H and O–H groups in total. The number of benzene rings is 2. The lowest BCUT2D eigenvalue weighted by atomic mass is 10.0. The summed E-state index contributed by atoms with van der Waals surface area (Å²) in [7, 11) is 0. The number of anilines is 1. The van der Waals surface area contributed by atoms with E-state index in [1.807, 2.05) is 11.0 Å². The lowest BCUT2D eigenvalue weighted by Crippen LogP contribution is -2.36. The number of hydrogen-bond donors (Lipinski definition) is 0. The highest BCUT2D eigenvalue weighted by molar-refractivity contribution is 5.89. The molecule has 0 spiro atoms. The van der Waals surface area contributed by atoms with Crippen LogP contribution in [0, 0.1) is 17.1 Å². The van der Waals surface area contributed by atoms with Crippen LogP contribution in [0.1, 0.15) is 16.7 Å². The SMILES string of the molecule is N#C/C(=C/c1ccc(N2CCOCC2)c(F)c1)c1cccc(C(F)(F)F)c1. The summed E-state index contributed by atoms with van der Waals surface area (Å²) in [5, 5.41) is 9.35. The van der Waals surface area contributed by atoms with Crippen LogP contribution < -0.4 is 4.90 Å². The third-order valence-corrected chi connectivity index (χ3v) is 4.26. The molecule has 1 aliphatic heterocycles. The van der Waals surface area contributed by atoms with Crippen molar-refractivity contribution in [2.24, 2.45) is 0 Å². The molecule has 3 rings (SSSR count). The van der Waals surface area contributed by atoms with Crippen molar-refractivity contribution in [3.63, 3.8) is 0 Å². The molecular weight excluding hydrogens is 360 g/mol. The Hall–Kier alpha value is -2.85. The zero-order chi connectivity index (χ0) is 19.4. The Morgan fingerprint density at radius 2 is 1.85 bits per heavy atom. The molecule has 3 nitrogen and oxygen atoms in total. The van der Waals surface area contributed by atoms with E-state index in [1.165, 1.54) is 24.3 Å². The van der Waals surface area contributed by atoms with E-state index in [-0.39, 0.29) is 11.1 Å². The summed E-state index contributed by atoms with van der Waals surface area (Å²) in [6, 6.07) is 10.9. The number of morpholine rings is 1. The Morgan fingerprint density at radius 3 is 2.48 bits per heavy atom. The number of hydrogen-bond acceptors (Lipinski definition) is 3. The van der Waals surface area contributed by atoms with E-state index in [4.69, 9.17) is 4.74 Å². The van der Waals surface area contributed by atoms with Gasteiger partial charge < -0.3 is 9.64 Å². The van der Waals surface area contributed by atoms with Gasteiger partial charge in [0.2, 0.25) is 0 Å². The first-order valence-electron chi connectivity index (χ1n) is 8.30. The third-order valence-electron chi connectivity index (χ3n) is 4.26. The topological polar surface area (TPSA) is 36.3 Å². The molecule has 1 aliphatic rings. The van der Waals surface area contributed by atoms with Crippen LogP contribution in [0.4, 0.5) is 23.2 Å². The molecule has 0 radical (unpaired) electrons. The largest absolute Gasteiger partial charge is 0.416 e. The van der Waals surface area contributed by atoms with Gasteiger partial charge in [-0.2, -0.15) is 18.4 Å². The van der Waals surface area contributed by atoms with E-state index >= 15 is 0 Å². The molecule has 140 valence electrons. The summed E-state index contributed by atoms with van der Waals surface area (Å²) < 4.78 is 58.3. The fraction of sp³-hybridized carbons (Fsp3) is 0.250. The van der Waals surface area contributed by atoms with Gasteiger partial charge in [0.1, 0.15) is 5.82 Å². The van der Waals surface area contributed by atoms with E-state index in [2.05, 4.69) is 0 Å². The van der Waals surface area contributed by atoms with Gasteiger partial charge in [-0.05, 0) is 41.5 Å². The van der Waals surface area contributed by atoms with Crippen molar-refractivity contribution in [3.8, 4) is 6.07 Å². The molecule has 1 saturated heterocycles. The maximum absolute atomic E-state index is 14.5. The van der Waals surface area contributed by atoms with E-state index < -0.39 is 17.6 Å². The first kappa shape index (κ1) is 18.9. The molecule has 0 unspecified atom stereocenters. The molecule has 0 aliphatic carbocycles. The minimum Gasteiger partial charge on any atom is -0.378 e. The number of rotatable bonds is 3. The lowest BCUT2D eigenvalue weighted by Gasteiger charge is -2.29. The molecule has 0 amide bonds. The van der Waals surface area contributed by atoms with Gasteiger partial charge in [-0.1, -0.05) is 18.2 Å². The molecule has 0 aromatic heterocycles. The molecule has 2 aromatic carbocycles. The van der Waals surface area contributed by atoms with Gasteiger partial charge in [-0.15, -0.1) is 0 Å². The number of nitrogens with zero attached hydrogens (tertiary/aromatic N) is 2. The average Bonchev–Trinajstić information content (AvgIpc) is 2.66. The van der Waals surface area contributed by atoms with Crippen LogP contribution in [0.2, 0.25) is 0 Å². The number of allylic oxidation sites excluding steroid dienone is 1. The predicted molar refractivity (Wildman–Crippen MR) is 94.4 cm³/mol. The van der Waals surface area contributed by atoms with Crippen molar-refractivity contribution in [2.75, 3.05) is 31.2 Å². The third kappa shape index (κ3) is 4.47. The molecule has 0 atom stereocenters. The van der Waals surface area contributed by atoms with Crippen LogP contribution in [0.25, 0.3) is 11.6 Å². The number of halogens is 4. The second kappa shape index (κ2) is 7.80. The quantitative estimate of drug-likeness (QED) is 0.441. The van der Waals surface area contributed by atoms with Crippen LogP contribution in [0.3, 0.4) is 0 Å². The second-order valence-corrected chi connectivity index (χ2v) is 6.06. The van der Waals surface area contributed by atoms with Crippen LogP contribution in [-0.4, -0.2) is 26.3 Å². The summed E-state index contributed by atoms with van der Waals surface area (Å²) in [5.41, 5.74) is 0.158. The molecule has 0 bridgehead atoms. The van der Waals surface area contributed by atoms with Crippen molar-refractivity contribution in [3.05, 3.63) is 65.0 Å². The Labute approximate surface area is 154 Å². The first-order chi connectivity index (χ1) is 12.9. The predicted octanol–water partition coefficient (Wildman–Crippen LogP) is 4.75. The van der Waals surface area contributed by atoms with Gasteiger partial charge in [-0.25, -0.2) is 4.39 Å². The summed E-state index contributed by atoms with van der Waals surface area (Å²) in [5.74, 6) is -0.452. The smallest absolute Gasteiger partial charge is 0.378 e. The summed E-state index contributed by atoms with van der Waals surface area (Å²) in [6.45, 7) is 2.21. The minimum absolute atomic E-state index is 0.0274. The van der Waals surface area contributed by atoms with Gasteiger partial charge in [0, 0.05) is 13.1 Å². The van der Waals surface area contributed by atoms with Crippen LogP contribution in [-0.2, 0) is 10.9 Å². The average molecular weight is 376 g/mol. The fourth-order valence-electron chi connectivity index (χ4n) is 2.88. The number of alkyl halides is 3. The summed E-state index contributed by atoms with van der Waals surface area (Å²) >= 11 is 0. The lowest BCUT2D eigenvalue weighted by molar-refractivity contribution is -0.137. The van der Waals surface area contributed by atoms with Crippen molar-refractivity contribution in [1.82, 2.24) is 0 Å². The zero-order valence-electron chi connectivity index (χ0n) is 14.3. The number of nitriles is 1. The maximum Gasteiger partial charge on any atom is 0.416 e. The van der Waals surface area contributed by atoms with Gasteiger partial charge in [-0.3, -0.25) is 0 Å². The van der Waals surface area contributed by atoms with Crippen molar-refractivity contribution >= 4 is 17.3 Å². The molecule has 7 heteroatoms. The monoisotopic (exact) mass is 376 g/mol. The first-order valence-corrected chi connectivity index (χ1v) is 8.30. The molecule has 1 heterocycles. The molecule has 0 saturated carbocycles. The van der Waals surface area contributed by atoms with Crippen molar-refractivity contribution in [2.45, 2.75) is 6.18 Å². The zero-order valence-corrected chi connectivity index (χ0v) is 14.3. The van der Waals surface area contributed by atoms with Gasteiger partial charge in [0.15, 0.2) is 0 Å². The fourth-order valence-corrected chi connectivity index (χ4v) is 2.88. The van der Waals surface area contributed by atoms with E-state index in [0.717, 1.165) is 12.1 Å². The van der Waals surface area contributed by atoms with Gasteiger partial charge in [0.25, 0.3) is 0 Å². The van der Waals surface area contributed by atoms with Gasteiger partial charge in [0.05, 0.1) is 36.1 Å². The van der Waals surface area contributed by atoms with Crippen LogP contribution in [0.15, 0.2) is 42.5 Å². The Bertz CT molecular complexity index is 894. The Kier molecular flexibility index (Phi) is 5.47. The minimum atomic E-state index is -4.50. The molecular formula is C20H16F4N2O. The Morgan fingerprint density at radius 1 is 1.11 bits per heavy atom. The molecule has 1 fully saturated rings. The van der Waals surface area contributed by atoms with Gasteiger partial charge >= 0.3 is 6.18 Å². The normalized spacial score (nSPS) is 15.5. The van der Waals surface area contributed by atoms with Crippen molar-refractivity contribution in [1.29, 1.82) is 5.26 Å². The highest BCUT2D eigenvalue weighted by atomic mass is 19.4. The van der Waals surface area contributed by atoms with E-state index in [1.54, 1.807) is 12.1 Å². The molecule has 27 heavy (non-hydrogen) atoms. The Balaban J connectivity index is 1.90. The van der Waals surface area contributed by atoms with E-state index in [9.17, 15) is 22.8 Å². The van der Waals surface area contributed by atoms with Crippen LogP contribution in [0.5, 0.6) is 0 Å². The highest BCUT2D eigenvalue weighted by Crippen LogP contribution is 2.31. The highest BCUT2D eigenvalue weighted by Gasteiger charge is 2.30. The summed E-state index contributed by atoms with van der Waals surface area (Å²) in [4.78, 5) is 1.87.